The van der Waals surface area contributed by atoms with E-state index in [1.807, 2.05) is 0 Å². The molecule has 0 fully saturated rings. The highest BCUT2D eigenvalue weighted by atomic mass is 16.5. The van der Waals surface area contributed by atoms with Gasteiger partial charge in [-0.3, -0.25) is 4.79 Å². The van der Waals surface area contributed by atoms with Crippen LogP contribution in [-0.4, -0.2) is 31.1 Å². The number of pyridine rings is 1. The van der Waals surface area contributed by atoms with Gasteiger partial charge in [-0.15, -0.1) is 0 Å². The molecular formula is C16H16N2O4. The number of hydrogen-bond donors (Lipinski definition) is 1. The summed E-state index contributed by atoms with van der Waals surface area (Å²) in [6.07, 6.45) is 1.42. The Morgan fingerprint density at radius 3 is 2.50 bits per heavy atom. The fourth-order valence-corrected chi connectivity index (χ4v) is 1.93. The van der Waals surface area contributed by atoms with E-state index in [0.717, 1.165) is 0 Å². The van der Waals surface area contributed by atoms with E-state index in [4.69, 9.17) is 9.47 Å². The Morgan fingerprint density at radius 1 is 1.14 bits per heavy atom. The molecule has 0 radical (unpaired) electrons. The van der Waals surface area contributed by atoms with Crippen LogP contribution in [0.1, 0.15) is 26.3 Å². The van der Waals surface area contributed by atoms with Gasteiger partial charge >= 0.3 is 5.97 Å². The highest BCUT2D eigenvalue weighted by Gasteiger charge is 2.14. The van der Waals surface area contributed by atoms with Crippen LogP contribution in [0.2, 0.25) is 0 Å². The number of carbonyl (C=O) groups excluding carboxylic acids is 2. The van der Waals surface area contributed by atoms with Crippen molar-refractivity contribution in [3.63, 3.8) is 0 Å². The van der Waals surface area contributed by atoms with Gasteiger partial charge in [-0.2, -0.15) is 0 Å². The number of esters is 1. The summed E-state index contributed by atoms with van der Waals surface area (Å²) in [5.74, 6) is -0.333. The van der Waals surface area contributed by atoms with Crippen molar-refractivity contribution in [2.45, 2.75) is 6.92 Å². The summed E-state index contributed by atoms with van der Waals surface area (Å²) >= 11 is 0. The average molecular weight is 300 g/mol. The van der Waals surface area contributed by atoms with E-state index in [-0.39, 0.29) is 5.91 Å². The number of aromatic nitrogens is 1. The maximum Gasteiger partial charge on any atom is 0.338 e. The molecule has 0 aliphatic rings. The molecule has 2 aromatic rings. The van der Waals surface area contributed by atoms with Crippen LogP contribution in [0.3, 0.4) is 0 Å². The third-order valence-corrected chi connectivity index (χ3v) is 3.19. The molecule has 0 saturated heterocycles. The molecule has 0 aliphatic carbocycles. The molecule has 6 heteroatoms. The Morgan fingerprint density at radius 2 is 1.91 bits per heavy atom. The first-order chi connectivity index (χ1) is 10.6. The van der Waals surface area contributed by atoms with E-state index in [2.05, 4.69) is 10.3 Å². The largest absolute Gasteiger partial charge is 0.481 e. The van der Waals surface area contributed by atoms with Crippen LogP contribution >= 0.6 is 0 Å². The number of rotatable bonds is 4. The van der Waals surface area contributed by atoms with Crippen molar-refractivity contribution in [2.75, 3.05) is 19.5 Å². The molecule has 1 N–H and O–H groups in total. The quantitative estimate of drug-likeness (QED) is 0.877. The molecule has 0 spiro atoms. The molecule has 1 aromatic carbocycles. The first kappa shape index (κ1) is 15.5. The molecule has 0 unspecified atom stereocenters. The summed E-state index contributed by atoms with van der Waals surface area (Å²) in [6.45, 7) is 1.74. The number of benzene rings is 1. The van der Waals surface area contributed by atoms with Crippen molar-refractivity contribution >= 4 is 17.6 Å². The zero-order valence-corrected chi connectivity index (χ0v) is 12.5. The van der Waals surface area contributed by atoms with Crippen molar-refractivity contribution in [3.8, 4) is 5.88 Å². The van der Waals surface area contributed by atoms with E-state index < -0.39 is 5.97 Å². The monoisotopic (exact) mass is 300 g/mol. The first-order valence-electron chi connectivity index (χ1n) is 6.56. The van der Waals surface area contributed by atoms with Gasteiger partial charge in [0.1, 0.15) is 0 Å². The smallest absolute Gasteiger partial charge is 0.338 e. The summed E-state index contributed by atoms with van der Waals surface area (Å²) in [5.41, 5.74) is 1.99. The molecule has 0 atom stereocenters. The van der Waals surface area contributed by atoms with E-state index in [1.54, 1.807) is 37.3 Å². The van der Waals surface area contributed by atoms with E-state index in [0.29, 0.717) is 28.3 Å². The predicted molar refractivity (Wildman–Crippen MR) is 81.3 cm³/mol. The lowest BCUT2D eigenvalue weighted by Crippen LogP contribution is -2.14. The zero-order chi connectivity index (χ0) is 16.1. The lowest BCUT2D eigenvalue weighted by Gasteiger charge is -2.11. The average Bonchev–Trinajstić information content (AvgIpc) is 2.56. The maximum absolute atomic E-state index is 12.2. The van der Waals surface area contributed by atoms with Gasteiger partial charge in [0, 0.05) is 18.0 Å². The second kappa shape index (κ2) is 6.71. The molecule has 2 rings (SSSR count). The normalized spacial score (nSPS) is 9.95. The molecule has 114 valence electrons. The Kier molecular flexibility index (Phi) is 4.73. The fraction of sp³-hybridized carbons (Fsp3) is 0.188. The summed E-state index contributed by atoms with van der Waals surface area (Å²) < 4.78 is 9.66. The summed E-state index contributed by atoms with van der Waals surface area (Å²) in [4.78, 5) is 27.8. The lowest BCUT2D eigenvalue weighted by atomic mass is 10.1. The van der Waals surface area contributed by atoms with E-state index >= 15 is 0 Å². The minimum absolute atomic E-state index is 0.319. The van der Waals surface area contributed by atoms with Gasteiger partial charge in [-0.05, 0) is 30.7 Å². The molecule has 6 nitrogen and oxygen atoms in total. The molecule has 0 saturated carbocycles. The molecular weight excluding hydrogens is 284 g/mol. The minimum Gasteiger partial charge on any atom is -0.481 e. The highest BCUT2D eigenvalue weighted by Crippen LogP contribution is 2.20. The first-order valence-corrected chi connectivity index (χ1v) is 6.56. The van der Waals surface area contributed by atoms with Crippen LogP contribution in [0.25, 0.3) is 0 Å². The van der Waals surface area contributed by atoms with Crippen molar-refractivity contribution in [1.82, 2.24) is 4.98 Å². The lowest BCUT2D eigenvalue weighted by molar-refractivity contribution is 0.0599. The Balaban J connectivity index is 2.22. The highest BCUT2D eigenvalue weighted by molar-refractivity contribution is 6.05. The van der Waals surface area contributed by atoms with Crippen LogP contribution in [0.4, 0.5) is 5.69 Å². The summed E-state index contributed by atoms with van der Waals surface area (Å²) in [6, 6.07) is 8.26. The Labute approximate surface area is 128 Å². The number of anilines is 1. The number of nitrogens with one attached hydrogen (secondary N) is 1. The van der Waals surface area contributed by atoms with Gasteiger partial charge in [-0.1, -0.05) is 6.07 Å². The topological polar surface area (TPSA) is 77.5 Å². The molecule has 1 heterocycles. The SMILES string of the molecule is COC(=O)c1cccc(NC(=O)c2ccc(OC)nc2)c1C. The Bertz CT molecular complexity index is 696. The predicted octanol–water partition coefficient (Wildman–Crippen LogP) is 2.44. The maximum atomic E-state index is 12.2. The van der Waals surface area contributed by atoms with Crippen LogP contribution in [0.5, 0.6) is 5.88 Å². The van der Waals surface area contributed by atoms with Crippen molar-refractivity contribution in [1.29, 1.82) is 0 Å². The van der Waals surface area contributed by atoms with Gasteiger partial charge in [0.25, 0.3) is 5.91 Å². The third kappa shape index (κ3) is 3.22. The summed E-state index contributed by atoms with van der Waals surface area (Å²) in [7, 11) is 2.82. The minimum atomic E-state index is -0.445. The number of methoxy groups -OCH3 is 2. The summed E-state index contributed by atoms with van der Waals surface area (Å²) in [5, 5.41) is 2.76. The molecule has 1 amide bonds. The second-order valence-corrected chi connectivity index (χ2v) is 4.51. The van der Waals surface area contributed by atoms with Crippen molar-refractivity contribution in [2.24, 2.45) is 0 Å². The third-order valence-electron chi connectivity index (χ3n) is 3.19. The molecule has 0 aliphatic heterocycles. The van der Waals surface area contributed by atoms with Gasteiger partial charge in [0.05, 0.1) is 25.3 Å². The van der Waals surface area contributed by atoms with Gasteiger partial charge in [0.15, 0.2) is 0 Å². The van der Waals surface area contributed by atoms with Crippen molar-refractivity contribution in [3.05, 3.63) is 53.2 Å². The molecule has 0 bridgehead atoms. The molecule has 22 heavy (non-hydrogen) atoms. The number of amides is 1. The van der Waals surface area contributed by atoms with Gasteiger partial charge in [0.2, 0.25) is 5.88 Å². The van der Waals surface area contributed by atoms with E-state index in [9.17, 15) is 9.59 Å². The Hall–Kier alpha value is -2.89. The van der Waals surface area contributed by atoms with Crippen LogP contribution in [0, 0.1) is 6.92 Å². The standard InChI is InChI=1S/C16H16N2O4/c1-10-12(16(20)22-3)5-4-6-13(10)18-15(19)11-7-8-14(21-2)17-9-11/h4-9H,1-3H3,(H,18,19). The zero-order valence-electron chi connectivity index (χ0n) is 12.5. The van der Waals surface area contributed by atoms with Gasteiger partial charge < -0.3 is 14.8 Å². The van der Waals surface area contributed by atoms with Gasteiger partial charge in [-0.25, -0.2) is 9.78 Å². The van der Waals surface area contributed by atoms with Crippen molar-refractivity contribution < 1.29 is 19.1 Å². The second-order valence-electron chi connectivity index (χ2n) is 4.51. The number of nitrogens with zero attached hydrogens (tertiary/aromatic N) is 1. The number of carbonyl (C=O) groups is 2. The van der Waals surface area contributed by atoms with Crippen LogP contribution < -0.4 is 10.1 Å². The van der Waals surface area contributed by atoms with Crippen LogP contribution in [-0.2, 0) is 4.74 Å². The van der Waals surface area contributed by atoms with E-state index in [1.165, 1.54) is 20.4 Å². The molecule has 1 aromatic heterocycles. The van der Waals surface area contributed by atoms with Crippen LogP contribution in [0.15, 0.2) is 36.5 Å². The number of ether oxygens (including phenoxy) is 2. The fourth-order valence-electron chi connectivity index (χ4n) is 1.93. The number of hydrogen-bond acceptors (Lipinski definition) is 5.